The van der Waals surface area contributed by atoms with Gasteiger partial charge < -0.3 is 15.4 Å². The zero-order chi connectivity index (χ0) is 19.5. The van der Waals surface area contributed by atoms with Gasteiger partial charge in [0.2, 0.25) is 5.91 Å². The Hall–Kier alpha value is -3.08. The first-order valence-electron chi connectivity index (χ1n) is 9.75. The van der Waals surface area contributed by atoms with Gasteiger partial charge in [0.05, 0.1) is 5.92 Å². The lowest BCUT2D eigenvalue weighted by molar-refractivity contribution is -0.141. The molecule has 3 N–H and O–H groups in total. The van der Waals surface area contributed by atoms with Gasteiger partial charge in [0.25, 0.3) is 0 Å². The van der Waals surface area contributed by atoms with Crippen LogP contribution in [0.5, 0.6) is 0 Å². The molecule has 1 aromatic heterocycles. The highest BCUT2D eigenvalue weighted by Gasteiger charge is 2.34. The molecule has 5 nitrogen and oxygen atoms in total. The summed E-state index contributed by atoms with van der Waals surface area (Å²) in [6.45, 7) is 0.485. The average Bonchev–Trinajstić information content (AvgIpc) is 3.37. The molecule has 28 heavy (non-hydrogen) atoms. The monoisotopic (exact) mass is 376 g/mol. The van der Waals surface area contributed by atoms with E-state index in [9.17, 15) is 14.7 Å². The van der Waals surface area contributed by atoms with Gasteiger partial charge >= 0.3 is 5.97 Å². The SMILES string of the molecule is O=C(O)[C@@H]1CC[C@H](C(=O)NCC(c2ccccc2)c2c[nH]c3ccccc23)C1. The molecule has 4 rings (SSSR count). The number of carboxylic acid groups (broad SMARTS) is 1. The van der Waals surface area contributed by atoms with E-state index in [1.165, 1.54) is 0 Å². The molecule has 1 amide bonds. The molecule has 1 fully saturated rings. The molecule has 1 unspecified atom stereocenters. The maximum absolute atomic E-state index is 12.7. The minimum absolute atomic E-state index is 0.0259. The van der Waals surface area contributed by atoms with Gasteiger partial charge in [0.15, 0.2) is 0 Å². The first-order chi connectivity index (χ1) is 13.6. The zero-order valence-electron chi connectivity index (χ0n) is 15.6. The number of hydrogen-bond acceptors (Lipinski definition) is 2. The molecule has 3 aromatic rings. The van der Waals surface area contributed by atoms with Crippen molar-refractivity contribution in [2.75, 3.05) is 6.54 Å². The summed E-state index contributed by atoms with van der Waals surface area (Å²) >= 11 is 0. The van der Waals surface area contributed by atoms with Crippen LogP contribution in [0.3, 0.4) is 0 Å². The van der Waals surface area contributed by atoms with Crippen LogP contribution < -0.4 is 5.32 Å². The fraction of sp³-hybridized carbons (Fsp3) is 0.304. The predicted molar refractivity (Wildman–Crippen MR) is 108 cm³/mol. The van der Waals surface area contributed by atoms with Crippen LogP contribution in [-0.2, 0) is 9.59 Å². The van der Waals surface area contributed by atoms with Crippen molar-refractivity contribution in [3.8, 4) is 0 Å². The van der Waals surface area contributed by atoms with Crippen molar-refractivity contribution in [3.63, 3.8) is 0 Å². The molecule has 3 atom stereocenters. The normalized spacial score (nSPS) is 20.1. The molecule has 0 bridgehead atoms. The third kappa shape index (κ3) is 3.65. The molecular weight excluding hydrogens is 352 g/mol. The Bertz CT molecular complexity index is 980. The van der Waals surface area contributed by atoms with Crippen molar-refractivity contribution < 1.29 is 14.7 Å². The van der Waals surface area contributed by atoms with E-state index in [4.69, 9.17) is 0 Å². The maximum atomic E-state index is 12.7. The number of benzene rings is 2. The van der Waals surface area contributed by atoms with Gasteiger partial charge in [-0.15, -0.1) is 0 Å². The van der Waals surface area contributed by atoms with Crippen molar-refractivity contribution in [2.45, 2.75) is 25.2 Å². The number of aliphatic carboxylic acids is 1. The summed E-state index contributed by atoms with van der Waals surface area (Å²) in [6, 6.07) is 18.3. The van der Waals surface area contributed by atoms with Crippen LogP contribution in [0, 0.1) is 11.8 Å². The minimum atomic E-state index is -0.795. The first kappa shape index (κ1) is 18.3. The number of H-pyrrole nitrogens is 1. The Labute approximate surface area is 163 Å². The highest BCUT2D eigenvalue weighted by Crippen LogP contribution is 2.33. The zero-order valence-corrected chi connectivity index (χ0v) is 15.6. The lowest BCUT2D eigenvalue weighted by Crippen LogP contribution is -2.33. The molecule has 0 spiro atoms. The van der Waals surface area contributed by atoms with E-state index in [1.807, 2.05) is 42.6 Å². The number of carbonyl (C=O) groups excluding carboxylic acids is 1. The number of carbonyl (C=O) groups is 2. The van der Waals surface area contributed by atoms with Crippen molar-refractivity contribution in [1.82, 2.24) is 10.3 Å². The van der Waals surface area contributed by atoms with Crippen molar-refractivity contribution in [3.05, 3.63) is 71.9 Å². The summed E-state index contributed by atoms with van der Waals surface area (Å²) in [7, 11) is 0. The lowest BCUT2D eigenvalue weighted by atomic mass is 9.90. The quantitative estimate of drug-likeness (QED) is 0.610. The number of rotatable bonds is 6. The van der Waals surface area contributed by atoms with E-state index in [2.05, 4.69) is 28.5 Å². The summed E-state index contributed by atoms with van der Waals surface area (Å²) in [5.41, 5.74) is 3.36. The summed E-state index contributed by atoms with van der Waals surface area (Å²) in [5, 5.41) is 13.4. The topological polar surface area (TPSA) is 82.2 Å². The molecule has 1 saturated carbocycles. The third-order valence-electron chi connectivity index (χ3n) is 5.83. The second kappa shape index (κ2) is 7.89. The van der Waals surface area contributed by atoms with Crippen LogP contribution in [0.25, 0.3) is 10.9 Å². The van der Waals surface area contributed by atoms with Gasteiger partial charge in [-0.05, 0) is 36.5 Å². The fourth-order valence-electron chi connectivity index (χ4n) is 4.27. The van der Waals surface area contributed by atoms with E-state index in [-0.39, 0.29) is 17.7 Å². The Kier molecular flexibility index (Phi) is 5.15. The largest absolute Gasteiger partial charge is 0.481 e. The second-order valence-electron chi connectivity index (χ2n) is 7.54. The van der Waals surface area contributed by atoms with Gasteiger partial charge in [-0.1, -0.05) is 48.5 Å². The van der Waals surface area contributed by atoms with Gasteiger partial charge in [-0.3, -0.25) is 9.59 Å². The predicted octanol–water partition coefficient (Wildman–Crippen LogP) is 3.92. The second-order valence-corrected chi connectivity index (χ2v) is 7.54. The summed E-state index contributed by atoms with van der Waals surface area (Å²) in [5.74, 6) is -1.41. The number of aromatic amines is 1. The number of fused-ring (bicyclic) bond motifs is 1. The summed E-state index contributed by atoms with van der Waals surface area (Å²) in [6.07, 6.45) is 3.68. The fourth-order valence-corrected chi connectivity index (χ4v) is 4.27. The summed E-state index contributed by atoms with van der Waals surface area (Å²) < 4.78 is 0. The Morgan fingerprint density at radius 2 is 1.75 bits per heavy atom. The highest BCUT2D eigenvalue weighted by atomic mass is 16.4. The van der Waals surface area contributed by atoms with Crippen LogP contribution in [0.2, 0.25) is 0 Å². The molecule has 0 radical (unpaired) electrons. The van der Waals surface area contributed by atoms with Gasteiger partial charge in [0.1, 0.15) is 0 Å². The standard InChI is InChI=1S/C23H24N2O3/c26-22(16-10-11-17(12-16)23(27)28)25-13-19(15-6-2-1-3-7-15)20-14-24-21-9-5-4-8-18(20)21/h1-9,14,16-17,19,24H,10-13H2,(H,25,26)(H,27,28)/t16-,17+,19?/m0/s1. The molecule has 0 saturated heterocycles. The number of para-hydroxylation sites is 1. The Morgan fingerprint density at radius 3 is 2.50 bits per heavy atom. The number of aromatic nitrogens is 1. The molecule has 1 aliphatic carbocycles. The van der Waals surface area contributed by atoms with E-state index < -0.39 is 11.9 Å². The van der Waals surface area contributed by atoms with E-state index >= 15 is 0 Å². The molecule has 2 aromatic carbocycles. The van der Waals surface area contributed by atoms with Crippen LogP contribution in [0.4, 0.5) is 0 Å². The van der Waals surface area contributed by atoms with Gasteiger partial charge in [-0.2, -0.15) is 0 Å². The van der Waals surface area contributed by atoms with Crippen LogP contribution in [0.15, 0.2) is 60.8 Å². The number of hydrogen-bond donors (Lipinski definition) is 3. The first-order valence-corrected chi connectivity index (χ1v) is 9.75. The average molecular weight is 376 g/mol. The van der Waals surface area contributed by atoms with Gasteiger partial charge in [0, 0.05) is 35.5 Å². The van der Waals surface area contributed by atoms with Crippen molar-refractivity contribution in [1.29, 1.82) is 0 Å². The number of amides is 1. The number of nitrogens with one attached hydrogen (secondary N) is 2. The van der Waals surface area contributed by atoms with E-state index in [0.717, 1.165) is 22.0 Å². The van der Waals surface area contributed by atoms with Crippen molar-refractivity contribution in [2.24, 2.45) is 11.8 Å². The Balaban J connectivity index is 1.54. The molecule has 144 valence electrons. The molecule has 5 heteroatoms. The molecular formula is C23H24N2O3. The van der Waals surface area contributed by atoms with Crippen LogP contribution >= 0.6 is 0 Å². The molecule has 0 aliphatic heterocycles. The van der Waals surface area contributed by atoms with E-state index in [0.29, 0.717) is 25.8 Å². The third-order valence-corrected chi connectivity index (χ3v) is 5.83. The van der Waals surface area contributed by atoms with Crippen LogP contribution in [0.1, 0.15) is 36.3 Å². The maximum Gasteiger partial charge on any atom is 0.306 e. The van der Waals surface area contributed by atoms with Gasteiger partial charge in [-0.25, -0.2) is 0 Å². The number of carboxylic acids is 1. The van der Waals surface area contributed by atoms with Crippen molar-refractivity contribution >= 4 is 22.8 Å². The van der Waals surface area contributed by atoms with Crippen LogP contribution in [-0.4, -0.2) is 28.5 Å². The Morgan fingerprint density at radius 1 is 1.04 bits per heavy atom. The minimum Gasteiger partial charge on any atom is -0.481 e. The molecule has 1 heterocycles. The smallest absolute Gasteiger partial charge is 0.306 e. The molecule has 1 aliphatic rings. The van der Waals surface area contributed by atoms with E-state index in [1.54, 1.807) is 0 Å². The summed E-state index contributed by atoms with van der Waals surface area (Å²) in [4.78, 5) is 27.2. The highest BCUT2D eigenvalue weighted by molar-refractivity contribution is 5.85. The lowest BCUT2D eigenvalue weighted by Gasteiger charge is -2.19.